The van der Waals surface area contributed by atoms with Crippen LogP contribution in [0.2, 0.25) is 0 Å². The van der Waals surface area contributed by atoms with Crippen LogP contribution in [0.1, 0.15) is 46.3 Å². The molecule has 0 bridgehead atoms. The fraction of sp³-hybridized carbons (Fsp3) is 0.355. The third-order valence-corrected chi connectivity index (χ3v) is 6.79. The predicted molar refractivity (Wildman–Crippen MR) is 158 cm³/mol. The number of ether oxygens (including phenoxy) is 6. The van der Waals surface area contributed by atoms with Crippen LogP contribution >= 0.6 is 0 Å². The van der Waals surface area contributed by atoms with Gasteiger partial charge in [-0.1, -0.05) is 12.1 Å². The summed E-state index contributed by atoms with van der Waals surface area (Å²) in [5.41, 5.74) is -0.520. The standard InChI is InChI=1S/C31H29NO16/c1-14(33)43-20-8-6-19(7-9-20)22-12-41-27-21(26(22)38)10-11-23(44-15(2)34)25(27)29-31(47-18(5)37)30(46-17(4)36)28(45-16(3)35)24(48-29)13-42-32(39)40/h6-12,24,28-31H,13H2,1-5H3/t24-,28-,29+,30+,31+/m1/s1. The van der Waals surface area contributed by atoms with Crippen molar-refractivity contribution >= 4 is 40.8 Å². The summed E-state index contributed by atoms with van der Waals surface area (Å²) in [5.74, 6) is -4.09. The third kappa shape index (κ3) is 8.11. The molecule has 0 unspecified atom stereocenters. The van der Waals surface area contributed by atoms with Gasteiger partial charge in [0, 0.05) is 34.6 Å². The second-order valence-corrected chi connectivity index (χ2v) is 10.4. The molecule has 0 amide bonds. The molecule has 48 heavy (non-hydrogen) atoms. The zero-order valence-corrected chi connectivity index (χ0v) is 26.1. The van der Waals surface area contributed by atoms with E-state index >= 15 is 0 Å². The van der Waals surface area contributed by atoms with E-state index in [-0.39, 0.29) is 33.6 Å². The molecule has 2 aromatic carbocycles. The van der Waals surface area contributed by atoms with Crippen molar-refractivity contribution in [3.8, 4) is 22.6 Å². The van der Waals surface area contributed by atoms with Crippen LogP contribution in [-0.2, 0) is 47.8 Å². The third-order valence-electron chi connectivity index (χ3n) is 6.79. The molecular weight excluding hydrogens is 642 g/mol. The molecule has 1 saturated heterocycles. The molecule has 0 aliphatic carbocycles. The Morgan fingerprint density at radius 1 is 0.771 bits per heavy atom. The highest BCUT2D eigenvalue weighted by Gasteiger charge is 2.54. The van der Waals surface area contributed by atoms with Crippen molar-refractivity contribution in [1.29, 1.82) is 0 Å². The molecule has 3 aromatic rings. The molecule has 0 spiro atoms. The first-order valence-corrected chi connectivity index (χ1v) is 14.2. The topological polar surface area (TPSA) is 223 Å². The predicted octanol–water partition coefficient (Wildman–Crippen LogP) is 2.75. The number of fused-ring (bicyclic) bond motifs is 1. The second-order valence-electron chi connectivity index (χ2n) is 10.4. The largest absolute Gasteiger partial charge is 0.463 e. The summed E-state index contributed by atoms with van der Waals surface area (Å²) < 4.78 is 38.8. The SMILES string of the molecule is CC(=O)Oc1ccc(-c2coc3c([C@@H]4O[C@H](CO[N+](=O)[O-])[C@@H](OC(C)=O)[C@H](OC(C)=O)[C@H]4OC(C)=O)c(OC(C)=O)ccc3c2=O)cc1. The minimum absolute atomic E-state index is 0.0723. The summed E-state index contributed by atoms with van der Waals surface area (Å²) in [5, 5.41) is 9.92. The molecule has 5 atom stereocenters. The van der Waals surface area contributed by atoms with Crippen molar-refractivity contribution in [2.24, 2.45) is 0 Å². The van der Waals surface area contributed by atoms with Gasteiger partial charge in [0.1, 0.15) is 42.2 Å². The quantitative estimate of drug-likeness (QED) is 0.0993. The van der Waals surface area contributed by atoms with E-state index in [1.165, 1.54) is 43.3 Å². The van der Waals surface area contributed by atoms with Gasteiger partial charge < -0.3 is 37.7 Å². The van der Waals surface area contributed by atoms with Gasteiger partial charge in [-0.2, -0.15) is 0 Å². The molecular formula is C31H29NO16. The van der Waals surface area contributed by atoms with E-state index in [2.05, 4.69) is 4.84 Å². The molecule has 2 heterocycles. The van der Waals surface area contributed by atoms with E-state index in [0.29, 0.717) is 5.56 Å². The Labute approximate surface area is 270 Å². The average molecular weight is 672 g/mol. The van der Waals surface area contributed by atoms with Crippen LogP contribution in [0.5, 0.6) is 11.5 Å². The molecule has 1 aliphatic rings. The Morgan fingerprint density at radius 3 is 1.92 bits per heavy atom. The number of nitrogens with zero attached hydrogens (tertiary/aromatic N) is 1. The van der Waals surface area contributed by atoms with Crippen molar-refractivity contribution in [3.63, 3.8) is 0 Å². The lowest BCUT2D eigenvalue weighted by Crippen LogP contribution is -2.59. The van der Waals surface area contributed by atoms with E-state index < -0.39 is 77.5 Å². The number of benzene rings is 2. The first kappa shape index (κ1) is 35.0. The van der Waals surface area contributed by atoms with Gasteiger partial charge >= 0.3 is 29.8 Å². The van der Waals surface area contributed by atoms with Crippen molar-refractivity contribution in [1.82, 2.24) is 0 Å². The summed E-state index contributed by atoms with van der Waals surface area (Å²) in [4.78, 5) is 89.7. The number of rotatable bonds is 10. The smallest absolute Gasteiger partial charge is 0.308 e. The maximum absolute atomic E-state index is 13.8. The van der Waals surface area contributed by atoms with Crippen molar-refractivity contribution < 1.29 is 66.7 Å². The summed E-state index contributed by atoms with van der Waals surface area (Å²) in [7, 11) is 0. The van der Waals surface area contributed by atoms with E-state index in [9.17, 15) is 38.9 Å². The molecule has 1 aliphatic heterocycles. The van der Waals surface area contributed by atoms with E-state index in [0.717, 1.165) is 34.0 Å². The molecule has 17 heteroatoms. The minimum Gasteiger partial charge on any atom is -0.463 e. The number of hydrogen-bond donors (Lipinski definition) is 0. The van der Waals surface area contributed by atoms with E-state index in [4.69, 9.17) is 32.8 Å². The van der Waals surface area contributed by atoms with Crippen LogP contribution < -0.4 is 14.9 Å². The molecule has 1 aromatic heterocycles. The monoisotopic (exact) mass is 671 g/mol. The Hall–Kier alpha value is -5.84. The van der Waals surface area contributed by atoms with Crippen LogP contribution in [0.25, 0.3) is 22.1 Å². The molecule has 4 rings (SSSR count). The molecule has 0 N–H and O–H groups in total. The van der Waals surface area contributed by atoms with Crippen molar-refractivity contribution in [2.45, 2.75) is 65.1 Å². The van der Waals surface area contributed by atoms with Gasteiger partial charge in [-0.05, 0) is 29.8 Å². The lowest BCUT2D eigenvalue weighted by Gasteiger charge is -2.44. The number of hydrogen-bond acceptors (Lipinski definition) is 16. The lowest BCUT2D eigenvalue weighted by molar-refractivity contribution is -0.760. The summed E-state index contributed by atoms with van der Waals surface area (Å²) in [6.45, 7) is 4.52. The van der Waals surface area contributed by atoms with E-state index in [1.807, 2.05) is 0 Å². The highest BCUT2D eigenvalue weighted by atomic mass is 17.0. The Bertz CT molecular complexity index is 1810. The van der Waals surface area contributed by atoms with Crippen LogP contribution in [0.15, 0.2) is 51.9 Å². The first-order valence-electron chi connectivity index (χ1n) is 14.2. The van der Waals surface area contributed by atoms with Crippen molar-refractivity contribution in [2.75, 3.05) is 6.61 Å². The molecule has 1 fully saturated rings. The van der Waals surface area contributed by atoms with Crippen LogP contribution in [0, 0.1) is 10.1 Å². The zero-order valence-electron chi connectivity index (χ0n) is 26.1. The Kier molecular flexibility index (Phi) is 10.7. The molecule has 0 saturated carbocycles. The van der Waals surface area contributed by atoms with Gasteiger partial charge in [0.2, 0.25) is 5.43 Å². The summed E-state index contributed by atoms with van der Waals surface area (Å²) in [6.07, 6.45) is -7.01. The minimum atomic E-state index is -1.67. The van der Waals surface area contributed by atoms with E-state index in [1.54, 1.807) is 0 Å². The second kappa shape index (κ2) is 14.7. The Balaban J connectivity index is 1.96. The fourth-order valence-corrected chi connectivity index (χ4v) is 5.18. The number of carbonyl (C=O) groups excluding carboxylic acids is 5. The van der Waals surface area contributed by atoms with Gasteiger partial charge in [-0.25, -0.2) is 0 Å². The Morgan fingerprint density at radius 2 is 1.35 bits per heavy atom. The number of esters is 5. The molecule has 17 nitrogen and oxygen atoms in total. The normalized spacial score (nSPS) is 20.2. The van der Waals surface area contributed by atoms with Crippen LogP contribution in [0.4, 0.5) is 0 Å². The van der Waals surface area contributed by atoms with Gasteiger partial charge in [0.25, 0.3) is 5.09 Å². The fourth-order valence-electron chi connectivity index (χ4n) is 5.18. The maximum atomic E-state index is 13.8. The lowest BCUT2D eigenvalue weighted by atomic mass is 9.89. The first-order chi connectivity index (χ1) is 22.7. The van der Waals surface area contributed by atoms with Crippen molar-refractivity contribution in [3.05, 3.63) is 68.6 Å². The maximum Gasteiger partial charge on any atom is 0.308 e. The molecule has 254 valence electrons. The highest BCUT2D eigenvalue weighted by Crippen LogP contribution is 2.44. The van der Waals surface area contributed by atoms with Gasteiger partial charge in [0.05, 0.1) is 16.5 Å². The van der Waals surface area contributed by atoms with Gasteiger partial charge in [0.15, 0.2) is 18.3 Å². The van der Waals surface area contributed by atoms with Gasteiger partial charge in [-0.15, -0.1) is 10.1 Å². The summed E-state index contributed by atoms with van der Waals surface area (Å²) >= 11 is 0. The van der Waals surface area contributed by atoms with Gasteiger partial charge in [-0.3, -0.25) is 28.8 Å². The zero-order chi connectivity index (χ0) is 35.3. The average Bonchev–Trinajstić information content (AvgIpc) is 2.98. The van der Waals surface area contributed by atoms with Crippen LogP contribution in [0.3, 0.4) is 0 Å². The number of carbonyl (C=O) groups is 5. The summed E-state index contributed by atoms with van der Waals surface area (Å²) in [6, 6.07) is 8.53. The molecule has 0 radical (unpaired) electrons. The highest BCUT2D eigenvalue weighted by molar-refractivity contribution is 5.87. The van der Waals surface area contributed by atoms with Crippen LogP contribution in [-0.4, -0.2) is 66.0 Å².